The van der Waals surface area contributed by atoms with Gasteiger partial charge in [-0.15, -0.1) is 0 Å². The summed E-state index contributed by atoms with van der Waals surface area (Å²) in [5.74, 6) is 1.28. The van der Waals surface area contributed by atoms with Crippen LogP contribution in [0.4, 0.5) is 13.2 Å². The fourth-order valence-corrected chi connectivity index (χ4v) is 7.30. The minimum atomic E-state index is -3.10. The molecule has 1 aromatic carbocycles. The zero-order chi connectivity index (χ0) is 26.4. The van der Waals surface area contributed by atoms with Crippen molar-refractivity contribution in [3.63, 3.8) is 0 Å². The molecule has 0 radical (unpaired) electrons. The molecule has 206 valence electrons. The summed E-state index contributed by atoms with van der Waals surface area (Å²) in [6, 6.07) is 2.46. The predicted molar refractivity (Wildman–Crippen MR) is 139 cm³/mol. The maximum Gasteiger partial charge on any atom is 0.314 e. The van der Waals surface area contributed by atoms with Gasteiger partial charge in [0.25, 0.3) is 6.43 Å². The molecule has 0 aliphatic heterocycles. The minimum Gasteiger partial charge on any atom is -0.491 e. The SMILES string of the molecule is C/C=C/C1CCC(C2CCC(C3CCC(C(=O)Oc4ccc(OCC)c(F)c4C(F)F)CC3)CC2)CC1. The molecule has 0 N–H and O–H groups in total. The van der Waals surface area contributed by atoms with E-state index in [4.69, 9.17) is 9.47 Å². The third-order valence-electron chi connectivity index (χ3n) is 9.37. The van der Waals surface area contributed by atoms with Gasteiger partial charge in [0.05, 0.1) is 12.5 Å². The van der Waals surface area contributed by atoms with E-state index in [1.54, 1.807) is 6.92 Å². The molecule has 1 aromatic rings. The summed E-state index contributed by atoms with van der Waals surface area (Å²) < 4.78 is 52.0. The monoisotopic (exact) mass is 520 g/mol. The second kappa shape index (κ2) is 13.2. The van der Waals surface area contributed by atoms with Gasteiger partial charge in [0.1, 0.15) is 11.3 Å². The molecule has 4 rings (SSSR count). The van der Waals surface area contributed by atoms with Gasteiger partial charge < -0.3 is 9.47 Å². The van der Waals surface area contributed by atoms with Crippen molar-refractivity contribution in [2.75, 3.05) is 6.61 Å². The standard InChI is InChI=1S/C31H43F3O3/c1-3-5-20-6-8-21(9-7-20)22-10-12-23(13-11-22)24-14-16-25(17-15-24)31(35)37-26-18-19-27(36-4-2)29(32)28(26)30(33)34/h3,5,18-25,30H,4,6-17H2,1-2H3/b5-3+. The highest BCUT2D eigenvalue weighted by Gasteiger charge is 2.36. The molecule has 3 saturated carbocycles. The fourth-order valence-electron chi connectivity index (χ4n) is 7.30. The van der Waals surface area contributed by atoms with E-state index in [-0.39, 0.29) is 18.3 Å². The molecule has 3 nitrogen and oxygen atoms in total. The van der Waals surface area contributed by atoms with Crippen LogP contribution in [0.2, 0.25) is 0 Å². The first kappa shape index (κ1) is 28.0. The largest absolute Gasteiger partial charge is 0.491 e. The van der Waals surface area contributed by atoms with E-state index in [1.165, 1.54) is 63.5 Å². The predicted octanol–water partition coefficient (Wildman–Crippen LogP) is 9.06. The van der Waals surface area contributed by atoms with Gasteiger partial charge in [0, 0.05) is 0 Å². The Hall–Kier alpha value is -1.98. The Morgan fingerprint density at radius 3 is 1.84 bits per heavy atom. The van der Waals surface area contributed by atoms with Crippen molar-refractivity contribution in [2.45, 2.75) is 97.3 Å². The molecule has 6 heteroatoms. The third-order valence-corrected chi connectivity index (χ3v) is 9.37. The molecule has 0 aromatic heterocycles. The normalized spacial score (nSPS) is 31.0. The van der Waals surface area contributed by atoms with Crippen LogP contribution in [-0.4, -0.2) is 12.6 Å². The Kier molecular flexibility index (Phi) is 10.00. The highest BCUT2D eigenvalue weighted by Crippen LogP contribution is 2.46. The number of hydrogen-bond donors (Lipinski definition) is 0. The van der Waals surface area contributed by atoms with Crippen molar-refractivity contribution >= 4 is 5.97 Å². The average molecular weight is 521 g/mol. The summed E-state index contributed by atoms with van der Waals surface area (Å²) in [6.07, 6.45) is 15.6. The zero-order valence-corrected chi connectivity index (χ0v) is 22.4. The Morgan fingerprint density at radius 2 is 1.35 bits per heavy atom. The van der Waals surface area contributed by atoms with Crippen molar-refractivity contribution in [1.82, 2.24) is 0 Å². The third kappa shape index (κ3) is 6.92. The molecule has 0 atom stereocenters. The number of carbonyl (C=O) groups is 1. The van der Waals surface area contributed by atoms with E-state index in [1.807, 2.05) is 0 Å². The minimum absolute atomic E-state index is 0.154. The van der Waals surface area contributed by atoms with Crippen LogP contribution < -0.4 is 9.47 Å². The lowest BCUT2D eigenvalue weighted by Crippen LogP contribution is -2.31. The van der Waals surface area contributed by atoms with E-state index < -0.39 is 29.5 Å². The number of alkyl halides is 2. The van der Waals surface area contributed by atoms with E-state index >= 15 is 0 Å². The number of benzene rings is 1. The van der Waals surface area contributed by atoms with Crippen LogP contribution in [0.5, 0.6) is 11.5 Å². The molecule has 0 unspecified atom stereocenters. The lowest BCUT2D eigenvalue weighted by Gasteiger charge is -2.41. The molecular weight excluding hydrogens is 477 g/mol. The molecule has 0 saturated heterocycles. The number of allylic oxidation sites excluding steroid dienone is 2. The summed E-state index contributed by atoms with van der Waals surface area (Å²) in [7, 11) is 0. The number of rotatable bonds is 8. The van der Waals surface area contributed by atoms with Gasteiger partial charge in [-0.1, -0.05) is 12.2 Å². The van der Waals surface area contributed by atoms with Gasteiger partial charge in [-0.3, -0.25) is 4.79 Å². The van der Waals surface area contributed by atoms with Gasteiger partial charge >= 0.3 is 5.97 Å². The van der Waals surface area contributed by atoms with Crippen LogP contribution in [0.1, 0.15) is 103 Å². The second-order valence-electron chi connectivity index (χ2n) is 11.4. The molecule has 0 amide bonds. The van der Waals surface area contributed by atoms with Gasteiger partial charge in [-0.25, -0.2) is 13.2 Å². The highest BCUT2D eigenvalue weighted by molar-refractivity contribution is 5.75. The molecule has 3 aliphatic carbocycles. The Labute approximate surface area is 220 Å². The van der Waals surface area contributed by atoms with Gasteiger partial charge in [-0.2, -0.15) is 0 Å². The smallest absolute Gasteiger partial charge is 0.314 e. The quantitative estimate of drug-likeness (QED) is 0.195. The number of ether oxygens (including phenoxy) is 2. The summed E-state index contributed by atoms with van der Waals surface area (Å²) in [5, 5.41) is 0. The van der Waals surface area contributed by atoms with Gasteiger partial charge in [0.2, 0.25) is 0 Å². The van der Waals surface area contributed by atoms with Crippen LogP contribution in [0.25, 0.3) is 0 Å². The molecule has 0 bridgehead atoms. The van der Waals surface area contributed by atoms with Crippen LogP contribution in [0.15, 0.2) is 24.3 Å². The Bertz CT molecular complexity index is 907. The second-order valence-corrected chi connectivity index (χ2v) is 11.4. The fraction of sp³-hybridized carbons (Fsp3) is 0.710. The summed E-state index contributed by atoms with van der Waals surface area (Å²) in [5.41, 5.74) is -0.903. The zero-order valence-electron chi connectivity index (χ0n) is 22.4. The first-order valence-corrected chi connectivity index (χ1v) is 14.5. The Balaban J connectivity index is 1.24. The first-order chi connectivity index (χ1) is 17.9. The maximum atomic E-state index is 14.5. The number of hydrogen-bond acceptors (Lipinski definition) is 3. The maximum absolute atomic E-state index is 14.5. The molecule has 0 spiro atoms. The van der Waals surface area contributed by atoms with Crippen LogP contribution >= 0.6 is 0 Å². The number of halogens is 3. The molecule has 37 heavy (non-hydrogen) atoms. The number of carbonyl (C=O) groups excluding carboxylic acids is 1. The van der Waals surface area contributed by atoms with Gasteiger partial charge in [-0.05, 0) is 133 Å². The molecule has 3 aliphatic rings. The lowest BCUT2D eigenvalue weighted by atomic mass is 9.65. The average Bonchev–Trinajstić information content (AvgIpc) is 2.91. The van der Waals surface area contributed by atoms with Crippen molar-refractivity contribution < 1.29 is 27.4 Å². The van der Waals surface area contributed by atoms with Crippen molar-refractivity contribution in [3.05, 3.63) is 35.7 Å². The van der Waals surface area contributed by atoms with Crippen molar-refractivity contribution in [1.29, 1.82) is 0 Å². The van der Waals surface area contributed by atoms with Crippen molar-refractivity contribution in [2.24, 2.45) is 35.5 Å². The van der Waals surface area contributed by atoms with Crippen LogP contribution in [0.3, 0.4) is 0 Å². The first-order valence-electron chi connectivity index (χ1n) is 14.5. The Morgan fingerprint density at radius 1 is 0.865 bits per heavy atom. The van der Waals surface area contributed by atoms with E-state index in [2.05, 4.69) is 19.1 Å². The van der Waals surface area contributed by atoms with E-state index in [9.17, 15) is 18.0 Å². The van der Waals surface area contributed by atoms with Gasteiger partial charge in [0.15, 0.2) is 11.6 Å². The summed E-state index contributed by atoms with van der Waals surface area (Å²) >= 11 is 0. The van der Waals surface area contributed by atoms with Crippen molar-refractivity contribution in [3.8, 4) is 11.5 Å². The van der Waals surface area contributed by atoms with Crippen LogP contribution in [-0.2, 0) is 4.79 Å². The number of esters is 1. The molecular formula is C31H43F3O3. The lowest BCUT2D eigenvalue weighted by molar-refractivity contribution is -0.140. The molecule has 0 heterocycles. The summed E-state index contributed by atoms with van der Waals surface area (Å²) in [6.45, 7) is 3.92. The summed E-state index contributed by atoms with van der Waals surface area (Å²) in [4.78, 5) is 12.8. The molecule has 3 fully saturated rings. The van der Waals surface area contributed by atoms with E-state index in [0.29, 0.717) is 18.8 Å². The highest BCUT2D eigenvalue weighted by atomic mass is 19.3. The van der Waals surface area contributed by atoms with Crippen LogP contribution in [0, 0.1) is 41.3 Å². The van der Waals surface area contributed by atoms with E-state index in [0.717, 1.165) is 36.5 Å². The topological polar surface area (TPSA) is 35.5 Å².